The van der Waals surface area contributed by atoms with Crippen molar-refractivity contribution >= 4 is 67.7 Å². The quantitative estimate of drug-likeness (QED) is 0.0254. The number of para-hydroxylation sites is 2. The van der Waals surface area contributed by atoms with Crippen LogP contribution in [0.4, 0.5) is 26.3 Å². The van der Waals surface area contributed by atoms with E-state index in [0.717, 1.165) is 68.2 Å². The van der Waals surface area contributed by atoms with Crippen molar-refractivity contribution in [2.45, 2.75) is 160 Å². The van der Waals surface area contributed by atoms with Crippen molar-refractivity contribution < 1.29 is 69.6 Å². The van der Waals surface area contributed by atoms with E-state index in [-0.39, 0.29) is 73.5 Å². The summed E-state index contributed by atoms with van der Waals surface area (Å²) < 4.78 is 94.3. The highest BCUT2D eigenvalue weighted by Gasteiger charge is 2.51. The zero-order valence-electron chi connectivity index (χ0n) is 48.2. The van der Waals surface area contributed by atoms with Crippen LogP contribution < -0.4 is 21.8 Å². The summed E-state index contributed by atoms with van der Waals surface area (Å²) in [6.07, 6.45) is -7.34. The third-order valence-corrected chi connectivity index (χ3v) is 23.6. The molecule has 2 amide bonds. The van der Waals surface area contributed by atoms with Gasteiger partial charge in [0.05, 0.1) is 58.0 Å². The first-order chi connectivity index (χ1) is 39.9. The standard InChI is InChI=1S/C31H34F3N3O6Si.C29H32F3N3O5Si/c1-5-30(43-18(2)38)23-15-25-26-21(16-37(25)27(39)22(23)17-42-29(30)41)19(20-9-6-7-10-24(20)36-26)11-14-44(3,4)13-8-12-35-28(40)31(32,33)34;1-4-28(39)21-14-23-24-19(15-35(23)25(36)20(21)16-40-27(28)38)17(18-8-5-6-9-22(18)34-24)10-13-41(2,3)12-7-11-33-26(37)29(30,31)32/h6-7,9-10,15H,5,8,11-14,16-17H2,1-4H3,(H,35,40);5-6,8-9,14,39H,4,7,10-13,15-16H2,1-3H3,(H,33,37)/t30-;28-/m00/s1. The van der Waals surface area contributed by atoms with Crippen LogP contribution in [0.5, 0.6) is 0 Å². The highest BCUT2D eigenvalue weighted by molar-refractivity contribution is 6.77. The van der Waals surface area contributed by atoms with E-state index in [0.29, 0.717) is 60.6 Å². The first-order valence-corrected chi connectivity index (χ1v) is 35.1. The Labute approximate surface area is 486 Å². The van der Waals surface area contributed by atoms with Gasteiger partial charge in [-0.05, 0) is 73.9 Å². The Morgan fingerprint density at radius 1 is 0.635 bits per heavy atom. The highest BCUT2D eigenvalue weighted by Crippen LogP contribution is 2.44. The summed E-state index contributed by atoms with van der Waals surface area (Å²) >= 11 is 0. The van der Waals surface area contributed by atoms with Gasteiger partial charge >= 0.3 is 42.1 Å². The number of benzene rings is 2. The lowest BCUT2D eigenvalue weighted by molar-refractivity contribution is -0.188. The third-order valence-electron chi connectivity index (χ3n) is 17.0. The van der Waals surface area contributed by atoms with E-state index >= 15 is 0 Å². The van der Waals surface area contributed by atoms with Crippen LogP contribution in [0.25, 0.3) is 44.6 Å². The predicted molar refractivity (Wildman–Crippen MR) is 308 cm³/mol. The summed E-state index contributed by atoms with van der Waals surface area (Å²) in [4.78, 5) is 97.1. The van der Waals surface area contributed by atoms with Crippen LogP contribution in [-0.2, 0) is 88.5 Å². The minimum atomic E-state index is -4.89. The Hall–Kier alpha value is -7.52. The SMILES string of the molecule is CC[C@@]1(O)C(=O)OCc2c1cc1n(c2=O)Cc2c-1nc1ccccc1c2CC[Si](C)(C)CCCNC(=O)C(F)(F)F.CC[C@@]1(OC(C)=O)C(=O)OCc2c1cc1n(c2=O)Cc2c-1nc1ccccc1c2CC[Si](C)(C)CCCNC(=O)C(F)(F)F. The van der Waals surface area contributed by atoms with Crippen LogP contribution in [0.3, 0.4) is 0 Å². The number of carbonyl (C=O) groups excluding carboxylic acids is 5. The number of nitrogens with zero attached hydrogens (tertiary/aromatic N) is 4. The van der Waals surface area contributed by atoms with Gasteiger partial charge in [-0.25, -0.2) is 19.6 Å². The second-order valence-corrected chi connectivity index (χ2v) is 34.3. The molecule has 452 valence electrons. The summed E-state index contributed by atoms with van der Waals surface area (Å²) in [5, 5.41) is 17.0. The van der Waals surface area contributed by atoms with Crippen LogP contribution in [0.2, 0.25) is 50.4 Å². The monoisotopic (exact) mass is 1220 g/mol. The molecule has 0 bridgehead atoms. The van der Waals surface area contributed by atoms with E-state index in [4.69, 9.17) is 24.2 Å². The van der Waals surface area contributed by atoms with E-state index in [1.807, 2.05) is 59.2 Å². The number of fused-ring (bicyclic) bond motifs is 10. The van der Waals surface area contributed by atoms with E-state index in [1.165, 1.54) is 6.92 Å². The average Bonchev–Trinajstić information content (AvgIpc) is 1.74. The van der Waals surface area contributed by atoms with Gasteiger partial charge in [0.1, 0.15) is 13.2 Å². The number of ether oxygens (including phenoxy) is 3. The molecule has 0 spiro atoms. The van der Waals surface area contributed by atoms with Crippen LogP contribution >= 0.6 is 0 Å². The largest absolute Gasteiger partial charge is 0.471 e. The van der Waals surface area contributed by atoms with Gasteiger partial charge in [-0.15, -0.1) is 0 Å². The number of amides is 2. The van der Waals surface area contributed by atoms with Crippen LogP contribution in [0, 0.1) is 0 Å². The number of hydrogen-bond donors (Lipinski definition) is 3. The first kappa shape index (κ1) is 62.0. The number of aliphatic hydroxyl groups is 1. The van der Waals surface area contributed by atoms with Crippen LogP contribution in [-0.4, -0.2) is 95.5 Å². The fraction of sp³-hybridized carbons (Fsp3) is 0.450. The lowest BCUT2D eigenvalue weighted by Crippen LogP contribution is -2.47. The number of esters is 3. The van der Waals surface area contributed by atoms with Crippen molar-refractivity contribution in [1.82, 2.24) is 29.7 Å². The van der Waals surface area contributed by atoms with Gasteiger partial charge in [-0.3, -0.25) is 24.0 Å². The second-order valence-electron chi connectivity index (χ2n) is 23.7. The molecule has 0 aliphatic carbocycles. The first-order valence-electron chi connectivity index (χ1n) is 28.3. The number of halogens is 6. The molecule has 0 radical (unpaired) electrons. The number of cyclic esters (lactones) is 2. The Balaban J connectivity index is 0.000000204. The number of hydrogen-bond acceptors (Lipinski definition) is 13. The lowest BCUT2D eigenvalue weighted by Gasteiger charge is -2.35. The molecule has 0 saturated heterocycles. The van der Waals surface area contributed by atoms with Gasteiger partial charge < -0.3 is 39.1 Å². The smallest absolute Gasteiger partial charge is 0.458 e. The summed E-state index contributed by atoms with van der Waals surface area (Å²) in [5.74, 6) is -6.00. The zero-order chi connectivity index (χ0) is 61.8. The molecule has 2 aromatic carbocycles. The molecule has 10 rings (SSSR count). The van der Waals surface area contributed by atoms with Crippen molar-refractivity contribution in [2.24, 2.45) is 0 Å². The van der Waals surface area contributed by atoms with Crippen LogP contribution in [0.1, 0.15) is 91.0 Å². The summed E-state index contributed by atoms with van der Waals surface area (Å²) in [6.45, 7) is 13.4. The number of rotatable bonds is 17. The molecular weight excluding hydrogens is 1150 g/mol. The molecule has 85 heavy (non-hydrogen) atoms. The van der Waals surface area contributed by atoms with Gasteiger partial charge in [0.2, 0.25) is 5.60 Å². The maximum Gasteiger partial charge on any atom is 0.471 e. The number of alkyl halides is 6. The number of aryl methyl sites for hydroxylation is 2. The van der Waals surface area contributed by atoms with Crippen LogP contribution in [0.15, 0.2) is 70.3 Å². The second kappa shape index (κ2) is 23.4. The topological polar surface area (TPSA) is 227 Å². The summed E-state index contributed by atoms with van der Waals surface area (Å²) in [6, 6.07) is 22.0. The Morgan fingerprint density at radius 2 is 1.06 bits per heavy atom. The number of nitrogens with one attached hydrogen (secondary N) is 2. The normalized spacial score (nSPS) is 17.8. The molecule has 2 atom stereocenters. The Kier molecular flexibility index (Phi) is 17.1. The minimum absolute atomic E-state index is 0.0262. The van der Waals surface area contributed by atoms with Crippen molar-refractivity contribution in [1.29, 1.82) is 0 Å². The molecule has 8 heterocycles. The maximum atomic E-state index is 13.9. The molecule has 4 aliphatic heterocycles. The van der Waals surface area contributed by atoms with Gasteiger partial charge in [-0.2, -0.15) is 26.3 Å². The van der Waals surface area contributed by atoms with Gasteiger partial charge in [0.25, 0.3) is 11.1 Å². The Morgan fingerprint density at radius 3 is 1.48 bits per heavy atom. The van der Waals surface area contributed by atoms with E-state index in [1.54, 1.807) is 35.1 Å². The van der Waals surface area contributed by atoms with Gasteiger partial charge in [-0.1, -0.05) is 101 Å². The number of carbonyl (C=O) groups is 5. The Bertz CT molecular complexity index is 3840. The predicted octanol–water partition coefficient (Wildman–Crippen LogP) is 9.37. The average molecular weight is 1220 g/mol. The highest BCUT2D eigenvalue weighted by atomic mass is 28.3. The molecule has 17 nitrogen and oxygen atoms in total. The number of aromatic nitrogens is 4. The fourth-order valence-electron chi connectivity index (χ4n) is 12.1. The molecule has 0 saturated carbocycles. The van der Waals surface area contributed by atoms with E-state index in [2.05, 4.69) is 26.2 Å². The minimum Gasteiger partial charge on any atom is -0.458 e. The fourth-order valence-corrected chi connectivity index (χ4v) is 16.7. The third kappa shape index (κ3) is 12.1. The molecular formula is C60H66F6N6O11Si2. The molecule has 3 N–H and O–H groups in total. The summed E-state index contributed by atoms with van der Waals surface area (Å²) in [7, 11) is -3.78. The van der Waals surface area contributed by atoms with Gasteiger partial charge in [0.15, 0.2) is 5.60 Å². The molecule has 25 heteroatoms. The molecule has 4 aliphatic rings. The number of pyridine rings is 4. The van der Waals surface area contributed by atoms with Crippen molar-refractivity contribution in [3.05, 3.63) is 126 Å². The molecule has 0 fully saturated rings. The summed E-state index contributed by atoms with van der Waals surface area (Å²) in [5.41, 5.74) is 4.62. The molecule has 6 aromatic rings. The molecule has 4 aromatic heterocycles. The zero-order valence-corrected chi connectivity index (χ0v) is 50.2. The van der Waals surface area contributed by atoms with Crippen molar-refractivity contribution in [3.8, 4) is 22.8 Å². The molecule has 0 unspecified atom stereocenters. The van der Waals surface area contributed by atoms with E-state index in [9.17, 15) is 65.0 Å². The van der Waals surface area contributed by atoms with E-state index < -0.39 is 69.4 Å². The maximum absolute atomic E-state index is 13.9. The van der Waals surface area contributed by atoms with Crippen molar-refractivity contribution in [2.75, 3.05) is 13.1 Å². The van der Waals surface area contributed by atoms with Gasteiger partial charge in [0, 0.05) is 69.2 Å². The van der Waals surface area contributed by atoms with Crippen molar-refractivity contribution in [3.63, 3.8) is 0 Å². The lowest BCUT2D eigenvalue weighted by atomic mass is 9.85.